The maximum atomic E-state index is 12.9. The number of ether oxygens (including phenoxy) is 1. The van der Waals surface area contributed by atoms with E-state index in [1.54, 1.807) is 17.2 Å². The summed E-state index contributed by atoms with van der Waals surface area (Å²) in [6.07, 6.45) is 5.14. The van der Waals surface area contributed by atoms with Gasteiger partial charge in [0.2, 0.25) is 0 Å². The van der Waals surface area contributed by atoms with Crippen LogP contribution in [0.4, 0.5) is 0 Å². The van der Waals surface area contributed by atoms with Crippen molar-refractivity contribution in [2.24, 2.45) is 4.36 Å². The van der Waals surface area contributed by atoms with E-state index in [1.807, 2.05) is 6.92 Å². The second kappa shape index (κ2) is 7.93. The molecule has 0 saturated carbocycles. The van der Waals surface area contributed by atoms with Gasteiger partial charge < -0.3 is 9.64 Å². The van der Waals surface area contributed by atoms with Gasteiger partial charge in [-0.25, -0.2) is 8.89 Å². The molecule has 0 N–H and O–H groups in total. The van der Waals surface area contributed by atoms with Gasteiger partial charge in [0.15, 0.2) is 0 Å². The number of hydrogen-bond acceptors (Lipinski definition) is 5. The summed E-state index contributed by atoms with van der Waals surface area (Å²) >= 11 is 0. The number of carbonyl (C=O) groups is 2. The van der Waals surface area contributed by atoms with Crippen LogP contribution in [0.25, 0.3) is 6.20 Å². The minimum Gasteiger partial charge on any atom is -0.371 e. The van der Waals surface area contributed by atoms with Crippen LogP contribution in [0.2, 0.25) is 0 Å². The first-order chi connectivity index (χ1) is 12.9. The fourth-order valence-corrected chi connectivity index (χ4v) is 5.80. The minimum atomic E-state index is -2.51. The zero-order valence-electron chi connectivity index (χ0n) is 15.6. The van der Waals surface area contributed by atoms with Crippen molar-refractivity contribution in [3.8, 4) is 0 Å². The highest BCUT2D eigenvalue weighted by Gasteiger charge is 2.42. The highest BCUT2D eigenvalue weighted by molar-refractivity contribution is 7.93. The standard InChI is InChI=1S/C18H26N4O4S/c1-3-5-16(23)20-27(25)12-7-18(8-13-27)14-21(10-11-26-18)17(24)15-6-9-19-22(15)4-2/h4,6,9H,2-3,5,7-8,10-14H2,1H3. The van der Waals surface area contributed by atoms with Gasteiger partial charge in [0.1, 0.15) is 5.69 Å². The lowest BCUT2D eigenvalue weighted by molar-refractivity contribution is -0.117. The molecule has 8 nitrogen and oxygen atoms in total. The van der Waals surface area contributed by atoms with Crippen LogP contribution in [0.1, 0.15) is 43.1 Å². The van der Waals surface area contributed by atoms with E-state index in [2.05, 4.69) is 16.0 Å². The Kier molecular flexibility index (Phi) is 5.81. The molecule has 0 bridgehead atoms. The van der Waals surface area contributed by atoms with Gasteiger partial charge in [-0.05, 0) is 25.3 Å². The molecule has 0 aromatic carbocycles. The Balaban J connectivity index is 1.70. The highest BCUT2D eigenvalue weighted by Crippen LogP contribution is 2.32. The van der Waals surface area contributed by atoms with E-state index in [9.17, 15) is 13.8 Å². The Labute approximate surface area is 159 Å². The van der Waals surface area contributed by atoms with Crippen LogP contribution in [0.15, 0.2) is 23.2 Å². The number of nitrogens with zero attached hydrogens (tertiary/aromatic N) is 4. The first-order valence-electron chi connectivity index (χ1n) is 9.25. The lowest BCUT2D eigenvalue weighted by atomic mass is 9.94. The summed E-state index contributed by atoms with van der Waals surface area (Å²) < 4.78 is 24.3. The van der Waals surface area contributed by atoms with Crippen LogP contribution < -0.4 is 0 Å². The lowest BCUT2D eigenvalue weighted by Gasteiger charge is -2.45. The Morgan fingerprint density at radius 3 is 2.85 bits per heavy atom. The van der Waals surface area contributed by atoms with E-state index in [1.165, 1.54) is 10.9 Å². The minimum absolute atomic E-state index is 0.121. The summed E-state index contributed by atoms with van der Waals surface area (Å²) in [6, 6.07) is 1.66. The molecule has 0 aliphatic carbocycles. The third-order valence-corrected chi connectivity index (χ3v) is 7.30. The molecule has 9 heteroatoms. The van der Waals surface area contributed by atoms with Crippen molar-refractivity contribution in [2.75, 3.05) is 31.2 Å². The maximum Gasteiger partial charge on any atom is 0.272 e. The predicted octanol–water partition coefficient (Wildman–Crippen LogP) is 1.78. The second-order valence-electron chi connectivity index (χ2n) is 7.02. The van der Waals surface area contributed by atoms with Gasteiger partial charge in [0.25, 0.3) is 11.8 Å². The lowest BCUT2D eigenvalue weighted by Crippen LogP contribution is -2.56. The van der Waals surface area contributed by atoms with Crippen LogP contribution in [-0.4, -0.2) is 67.5 Å². The molecule has 27 heavy (non-hydrogen) atoms. The van der Waals surface area contributed by atoms with Crippen LogP contribution in [-0.2, 0) is 19.3 Å². The molecule has 3 heterocycles. The molecule has 1 aromatic heterocycles. The molecule has 1 aromatic rings. The van der Waals surface area contributed by atoms with Crippen molar-refractivity contribution < 1.29 is 18.5 Å². The topological polar surface area (TPSA) is 93.9 Å². The molecule has 0 atom stereocenters. The molecule has 3 rings (SSSR count). The molecule has 2 fully saturated rings. The Hall–Kier alpha value is -2.00. The Bertz CT molecular complexity index is 839. The number of amides is 2. The van der Waals surface area contributed by atoms with Crippen molar-refractivity contribution in [3.05, 3.63) is 24.5 Å². The van der Waals surface area contributed by atoms with E-state index in [4.69, 9.17) is 4.74 Å². The average molecular weight is 394 g/mol. The SMILES string of the molecule is C=Cn1nccc1C(=O)N1CCOC2(CCS(=O)(=NC(=O)CCC)CC2)C1. The van der Waals surface area contributed by atoms with Crippen molar-refractivity contribution in [1.29, 1.82) is 0 Å². The molecule has 2 aliphatic rings. The maximum absolute atomic E-state index is 12.9. The number of aromatic nitrogens is 2. The first kappa shape index (κ1) is 19.8. The summed E-state index contributed by atoms with van der Waals surface area (Å²) in [5, 5.41) is 4.05. The Morgan fingerprint density at radius 2 is 2.19 bits per heavy atom. The predicted molar refractivity (Wildman–Crippen MR) is 103 cm³/mol. The van der Waals surface area contributed by atoms with E-state index >= 15 is 0 Å². The molecule has 0 radical (unpaired) electrons. The largest absolute Gasteiger partial charge is 0.371 e. The van der Waals surface area contributed by atoms with Gasteiger partial charge >= 0.3 is 0 Å². The molecule has 2 aliphatic heterocycles. The molecule has 2 saturated heterocycles. The van der Waals surface area contributed by atoms with E-state index in [-0.39, 0.29) is 11.8 Å². The van der Waals surface area contributed by atoms with Crippen LogP contribution >= 0.6 is 0 Å². The molecule has 1 spiro atoms. The zero-order valence-corrected chi connectivity index (χ0v) is 16.4. The number of morpholine rings is 1. The third-order valence-electron chi connectivity index (χ3n) is 5.08. The number of rotatable bonds is 4. The van der Waals surface area contributed by atoms with E-state index in [0.29, 0.717) is 62.6 Å². The average Bonchev–Trinajstić information content (AvgIpc) is 3.13. The third kappa shape index (κ3) is 4.30. The first-order valence-corrected chi connectivity index (χ1v) is 11.1. The van der Waals surface area contributed by atoms with Crippen LogP contribution in [0, 0.1) is 0 Å². The molecular formula is C18H26N4O4S. The van der Waals surface area contributed by atoms with E-state index in [0.717, 1.165) is 0 Å². The summed E-state index contributed by atoms with van der Waals surface area (Å²) in [6.45, 7) is 6.93. The van der Waals surface area contributed by atoms with Gasteiger partial charge in [-0.3, -0.25) is 9.59 Å². The summed E-state index contributed by atoms with van der Waals surface area (Å²) in [4.78, 5) is 26.4. The van der Waals surface area contributed by atoms with Crippen LogP contribution in [0.3, 0.4) is 0 Å². The Morgan fingerprint density at radius 1 is 1.44 bits per heavy atom. The smallest absolute Gasteiger partial charge is 0.272 e. The van der Waals surface area contributed by atoms with Crippen molar-refractivity contribution in [1.82, 2.24) is 14.7 Å². The zero-order chi connectivity index (χ0) is 19.5. The van der Waals surface area contributed by atoms with Crippen LogP contribution in [0.5, 0.6) is 0 Å². The molecule has 148 valence electrons. The normalized spacial score (nSPS) is 28.1. The van der Waals surface area contributed by atoms with Gasteiger partial charge in [-0.15, -0.1) is 0 Å². The highest BCUT2D eigenvalue weighted by atomic mass is 32.2. The van der Waals surface area contributed by atoms with Gasteiger partial charge in [-0.2, -0.15) is 9.46 Å². The van der Waals surface area contributed by atoms with Gasteiger partial charge in [0.05, 0.1) is 34.7 Å². The number of hydrogen-bond donors (Lipinski definition) is 0. The van der Waals surface area contributed by atoms with Gasteiger partial charge in [-0.1, -0.05) is 13.5 Å². The fraction of sp³-hybridized carbons (Fsp3) is 0.611. The monoisotopic (exact) mass is 394 g/mol. The van der Waals surface area contributed by atoms with Crippen molar-refractivity contribution >= 4 is 27.7 Å². The second-order valence-corrected chi connectivity index (χ2v) is 9.56. The fourth-order valence-electron chi connectivity index (χ4n) is 3.57. The van der Waals surface area contributed by atoms with E-state index < -0.39 is 15.3 Å². The van der Waals surface area contributed by atoms with Crippen molar-refractivity contribution in [2.45, 2.75) is 38.2 Å². The quantitative estimate of drug-likeness (QED) is 0.776. The van der Waals surface area contributed by atoms with Gasteiger partial charge in [0, 0.05) is 30.7 Å². The molecule has 0 unspecified atom stereocenters. The molecular weight excluding hydrogens is 368 g/mol. The molecule has 2 amide bonds. The summed E-state index contributed by atoms with van der Waals surface area (Å²) in [5.74, 6) is 0.256. The number of carbonyl (C=O) groups excluding carboxylic acids is 2. The van der Waals surface area contributed by atoms with Crippen molar-refractivity contribution in [3.63, 3.8) is 0 Å². The summed E-state index contributed by atoms with van der Waals surface area (Å²) in [5.41, 5.74) is -0.0567. The summed E-state index contributed by atoms with van der Waals surface area (Å²) in [7, 11) is -2.51.